The number of hydrogen-bond acceptors (Lipinski definition) is 4. The lowest BCUT2D eigenvalue weighted by Gasteiger charge is -2.30. The van der Waals surface area contributed by atoms with E-state index in [2.05, 4.69) is 0 Å². The molecule has 0 radical (unpaired) electrons. The normalized spacial score (nSPS) is 56.5. The molecule has 64 valence electrons. The van der Waals surface area contributed by atoms with Crippen LogP contribution in [0, 0.1) is 0 Å². The van der Waals surface area contributed by atoms with Gasteiger partial charge in [-0.25, -0.2) is 0 Å². The lowest BCUT2D eigenvalue weighted by atomic mass is 10.0. The summed E-state index contributed by atoms with van der Waals surface area (Å²) in [6.07, 6.45) is -0.681. The van der Waals surface area contributed by atoms with E-state index < -0.39 is 24.1 Å². The molecular weight excluding hydrogens is 148 g/mol. The molecule has 0 aromatic heterocycles. The second kappa shape index (κ2) is 2.17. The van der Waals surface area contributed by atoms with E-state index >= 15 is 0 Å². The molecule has 1 saturated carbocycles. The second-order valence-corrected chi connectivity index (χ2v) is 3.45. The summed E-state index contributed by atoms with van der Waals surface area (Å²) in [4.78, 5) is 0. The Kier molecular flexibility index (Phi) is 1.47. The third-order valence-electron chi connectivity index (χ3n) is 2.41. The highest BCUT2D eigenvalue weighted by atomic mass is 16.6. The van der Waals surface area contributed by atoms with Crippen LogP contribution < -0.4 is 0 Å². The van der Waals surface area contributed by atoms with Gasteiger partial charge in [0.25, 0.3) is 0 Å². The summed E-state index contributed by atoms with van der Waals surface area (Å²) in [5, 5.41) is 27.4. The minimum atomic E-state index is -0.907. The van der Waals surface area contributed by atoms with Gasteiger partial charge in [-0.15, -0.1) is 0 Å². The van der Waals surface area contributed by atoms with Crippen molar-refractivity contribution in [3.05, 3.63) is 0 Å². The van der Waals surface area contributed by atoms with E-state index in [-0.39, 0.29) is 6.42 Å². The average Bonchev–Trinajstić information content (AvgIpc) is 2.37. The van der Waals surface area contributed by atoms with Crippen molar-refractivity contribution in [3.8, 4) is 0 Å². The van der Waals surface area contributed by atoms with Gasteiger partial charge in [-0.3, -0.25) is 0 Å². The lowest BCUT2D eigenvalue weighted by Crippen LogP contribution is -2.39. The average molecular weight is 160 g/mol. The van der Waals surface area contributed by atoms with Crippen molar-refractivity contribution in [1.82, 2.24) is 0 Å². The molecule has 3 N–H and O–H groups in total. The third-order valence-corrected chi connectivity index (χ3v) is 2.41. The van der Waals surface area contributed by atoms with Crippen molar-refractivity contribution in [1.29, 1.82) is 0 Å². The maximum atomic E-state index is 9.22. The summed E-state index contributed by atoms with van der Waals surface area (Å²) >= 11 is 0. The Labute approximate surface area is 64.4 Å². The molecule has 11 heavy (non-hydrogen) atoms. The molecule has 2 fully saturated rings. The molecule has 1 aliphatic heterocycles. The number of ether oxygens (including phenoxy) is 1. The molecule has 0 bridgehead atoms. The van der Waals surface area contributed by atoms with Crippen LogP contribution in [0.3, 0.4) is 0 Å². The van der Waals surface area contributed by atoms with Crippen molar-refractivity contribution < 1.29 is 20.1 Å². The van der Waals surface area contributed by atoms with E-state index in [9.17, 15) is 5.11 Å². The van der Waals surface area contributed by atoms with Crippen LogP contribution in [0.15, 0.2) is 0 Å². The topological polar surface area (TPSA) is 69.9 Å². The molecule has 1 saturated heterocycles. The fourth-order valence-corrected chi connectivity index (χ4v) is 1.70. The number of rotatable bonds is 0. The van der Waals surface area contributed by atoms with Gasteiger partial charge in [-0.1, -0.05) is 0 Å². The lowest BCUT2D eigenvalue weighted by molar-refractivity contribution is -0.209. The van der Waals surface area contributed by atoms with Crippen molar-refractivity contribution in [2.24, 2.45) is 0 Å². The minimum absolute atomic E-state index is 0.258. The van der Waals surface area contributed by atoms with Crippen molar-refractivity contribution in [3.63, 3.8) is 0 Å². The summed E-state index contributed by atoms with van der Waals surface area (Å²) in [6, 6.07) is 0. The molecule has 0 amide bonds. The molecule has 3 unspecified atom stereocenters. The zero-order chi connectivity index (χ0) is 8.06. The third kappa shape index (κ3) is 1.16. The van der Waals surface area contributed by atoms with Gasteiger partial charge in [0.15, 0.2) is 6.29 Å². The zero-order valence-electron chi connectivity index (χ0n) is 6.10. The maximum Gasteiger partial charge on any atom is 0.157 e. The summed E-state index contributed by atoms with van der Waals surface area (Å²) in [5.41, 5.74) is -0.614. The first-order chi connectivity index (χ1) is 5.12. The van der Waals surface area contributed by atoms with Crippen LogP contribution in [-0.4, -0.2) is 39.4 Å². The van der Waals surface area contributed by atoms with Gasteiger partial charge in [0, 0.05) is 19.3 Å². The van der Waals surface area contributed by atoms with Crippen LogP contribution >= 0.6 is 0 Å². The fraction of sp³-hybridized carbons (Fsp3) is 1.00. The highest BCUT2D eigenvalue weighted by Crippen LogP contribution is 2.47. The summed E-state index contributed by atoms with van der Waals surface area (Å²) < 4.78 is 5.11. The van der Waals surface area contributed by atoms with E-state index in [0.717, 1.165) is 0 Å². The Morgan fingerprint density at radius 2 is 1.82 bits per heavy atom. The molecule has 2 rings (SSSR count). The quantitative estimate of drug-likeness (QED) is 0.424. The number of hydrogen-bond donors (Lipinski definition) is 3. The first-order valence-electron chi connectivity index (χ1n) is 3.84. The summed E-state index contributed by atoms with van der Waals surface area (Å²) in [7, 11) is 0. The molecule has 0 aromatic carbocycles. The Balaban J connectivity index is 2.03. The van der Waals surface area contributed by atoms with Crippen molar-refractivity contribution >= 4 is 0 Å². The summed E-state index contributed by atoms with van der Waals surface area (Å²) in [6.45, 7) is 0. The van der Waals surface area contributed by atoms with E-state index in [0.29, 0.717) is 12.8 Å². The van der Waals surface area contributed by atoms with Gasteiger partial charge in [0.1, 0.15) is 5.60 Å². The fourth-order valence-electron chi connectivity index (χ4n) is 1.70. The van der Waals surface area contributed by atoms with Gasteiger partial charge in [-0.05, 0) is 0 Å². The molecule has 4 nitrogen and oxygen atoms in total. The van der Waals surface area contributed by atoms with Crippen LogP contribution in [0.1, 0.15) is 19.3 Å². The second-order valence-electron chi connectivity index (χ2n) is 3.45. The molecule has 1 heterocycles. The van der Waals surface area contributed by atoms with Gasteiger partial charge < -0.3 is 20.1 Å². The minimum Gasteiger partial charge on any atom is -0.393 e. The van der Waals surface area contributed by atoms with E-state index in [1.165, 1.54) is 0 Å². The van der Waals surface area contributed by atoms with E-state index in [4.69, 9.17) is 14.9 Å². The highest BCUT2D eigenvalue weighted by molar-refractivity contribution is 5.08. The SMILES string of the molecule is OC1C[C@H](O)CC2(CC2O)O1. The molecule has 1 spiro atoms. The Bertz CT molecular complexity index is 160. The predicted molar refractivity (Wildman–Crippen MR) is 35.7 cm³/mol. The Morgan fingerprint density at radius 3 is 2.27 bits per heavy atom. The molecule has 4 heteroatoms. The highest BCUT2D eigenvalue weighted by Gasteiger charge is 2.59. The zero-order valence-corrected chi connectivity index (χ0v) is 6.10. The number of aliphatic hydroxyl groups is 3. The van der Waals surface area contributed by atoms with Crippen LogP contribution in [-0.2, 0) is 4.74 Å². The van der Waals surface area contributed by atoms with E-state index in [1.807, 2.05) is 0 Å². The smallest absolute Gasteiger partial charge is 0.157 e. The van der Waals surface area contributed by atoms with Crippen LogP contribution in [0.5, 0.6) is 0 Å². The van der Waals surface area contributed by atoms with Crippen molar-refractivity contribution in [2.45, 2.75) is 43.4 Å². The monoisotopic (exact) mass is 160 g/mol. The standard InChI is InChI=1S/C7H12O4/c8-4-1-6(10)11-7(2-4)3-5(7)9/h4-6,8-10H,1-3H2/t4-,5?,6?,7?/m0/s1. The summed E-state index contributed by atoms with van der Waals surface area (Å²) in [5.74, 6) is 0. The molecule has 0 aromatic rings. The van der Waals surface area contributed by atoms with Crippen LogP contribution in [0.2, 0.25) is 0 Å². The molecule has 2 aliphatic rings. The van der Waals surface area contributed by atoms with Gasteiger partial charge in [0.2, 0.25) is 0 Å². The maximum absolute atomic E-state index is 9.22. The van der Waals surface area contributed by atoms with Crippen LogP contribution in [0.25, 0.3) is 0 Å². The number of aliphatic hydroxyl groups excluding tert-OH is 3. The van der Waals surface area contributed by atoms with E-state index in [1.54, 1.807) is 0 Å². The Hall–Kier alpha value is -0.160. The first-order valence-corrected chi connectivity index (χ1v) is 3.84. The van der Waals surface area contributed by atoms with Gasteiger partial charge >= 0.3 is 0 Å². The van der Waals surface area contributed by atoms with Crippen LogP contribution in [0.4, 0.5) is 0 Å². The first kappa shape index (κ1) is 7.49. The molecular formula is C7H12O4. The predicted octanol–water partition coefficient (Wildman–Crippen LogP) is -1.02. The van der Waals surface area contributed by atoms with Gasteiger partial charge in [0.05, 0.1) is 12.2 Å². The molecule has 1 aliphatic carbocycles. The van der Waals surface area contributed by atoms with Crippen molar-refractivity contribution in [2.75, 3.05) is 0 Å². The Morgan fingerprint density at radius 1 is 1.18 bits per heavy atom. The van der Waals surface area contributed by atoms with Gasteiger partial charge in [-0.2, -0.15) is 0 Å². The molecule has 4 atom stereocenters. The largest absolute Gasteiger partial charge is 0.393 e.